The molecule has 0 radical (unpaired) electrons. The van der Waals surface area contributed by atoms with Crippen LogP contribution >= 0.6 is 0 Å². The third-order valence-corrected chi connectivity index (χ3v) is 8.17. The number of benzene rings is 6. The van der Waals surface area contributed by atoms with E-state index in [-0.39, 0.29) is 0 Å². The van der Waals surface area contributed by atoms with Crippen LogP contribution in [0.5, 0.6) is 0 Å². The number of fused-ring (bicyclic) bond motifs is 3. The number of nitrogens with zero attached hydrogens (tertiary/aromatic N) is 1. The molecule has 0 aliphatic heterocycles. The van der Waals surface area contributed by atoms with Gasteiger partial charge < -0.3 is 9.32 Å². The van der Waals surface area contributed by atoms with Crippen LogP contribution in [0, 0.1) is 12.1 Å². The zero-order chi connectivity index (χ0) is 29.3. The van der Waals surface area contributed by atoms with Crippen LogP contribution < -0.4 is 4.90 Å². The molecule has 44 heavy (non-hydrogen) atoms. The first-order valence-corrected chi connectivity index (χ1v) is 14.8. The second-order valence-electron chi connectivity index (χ2n) is 10.8. The lowest BCUT2D eigenvalue weighted by molar-refractivity contribution is 0.670. The van der Waals surface area contributed by atoms with Crippen LogP contribution in [0.25, 0.3) is 55.3 Å². The van der Waals surface area contributed by atoms with Crippen molar-refractivity contribution in [3.63, 3.8) is 0 Å². The van der Waals surface area contributed by atoms with Gasteiger partial charge in [0.25, 0.3) is 0 Å². The summed E-state index contributed by atoms with van der Waals surface area (Å²) in [7, 11) is 0. The van der Waals surface area contributed by atoms with Crippen molar-refractivity contribution in [2.75, 3.05) is 4.90 Å². The van der Waals surface area contributed by atoms with Crippen LogP contribution in [0.15, 0.2) is 168 Å². The van der Waals surface area contributed by atoms with Crippen LogP contribution in [-0.4, -0.2) is 0 Å². The summed E-state index contributed by atoms with van der Waals surface area (Å²) in [6, 6.07) is 63.3. The van der Waals surface area contributed by atoms with Gasteiger partial charge in [0, 0.05) is 33.4 Å². The van der Waals surface area contributed by atoms with Gasteiger partial charge in [0.1, 0.15) is 11.2 Å². The van der Waals surface area contributed by atoms with Crippen LogP contribution in [0.4, 0.5) is 17.1 Å². The second kappa shape index (κ2) is 11.0. The van der Waals surface area contributed by atoms with Gasteiger partial charge in [0.05, 0.1) is 0 Å². The Labute approximate surface area is 257 Å². The average Bonchev–Trinajstić information content (AvgIpc) is 3.49. The monoisotopic (exact) mass is 561 g/mol. The summed E-state index contributed by atoms with van der Waals surface area (Å²) < 4.78 is 6.48. The van der Waals surface area contributed by atoms with Crippen molar-refractivity contribution in [1.82, 2.24) is 0 Å². The van der Waals surface area contributed by atoms with E-state index in [0.717, 1.165) is 72.4 Å². The number of rotatable bonds is 6. The van der Waals surface area contributed by atoms with Gasteiger partial charge in [0.2, 0.25) is 0 Å². The highest BCUT2D eigenvalue weighted by Gasteiger charge is 2.19. The number of para-hydroxylation sites is 3. The first kappa shape index (κ1) is 25.7. The molecule has 0 spiro atoms. The lowest BCUT2D eigenvalue weighted by Gasteiger charge is -2.27. The van der Waals surface area contributed by atoms with Gasteiger partial charge in [-0.3, -0.25) is 0 Å². The summed E-state index contributed by atoms with van der Waals surface area (Å²) in [4.78, 5) is 2.31. The Morgan fingerprint density at radius 2 is 1.14 bits per heavy atom. The predicted molar refractivity (Wildman–Crippen MR) is 182 cm³/mol. The molecule has 0 amide bonds. The van der Waals surface area contributed by atoms with E-state index in [2.05, 4.69) is 157 Å². The fourth-order valence-corrected chi connectivity index (χ4v) is 6.08. The molecule has 0 aliphatic rings. The largest absolute Gasteiger partial charge is 0.455 e. The summed E-state index contributed by atoms with van der Waals surface area (Å²) >= 11 is 0. The lowest BCUT2D eigenvalue weighted by atomic mass is 9.92. The highest BCUT2D eigenvalue weighted by molar-refractivity contribution is 6.10. The molecule has 206 valence electrons. The Morgan fingerprint density at radius 1 is 0.432 bits per heavy atom. The molecular formula is C42H27NO. The minimum atomic E-state index is 0.901. The summed E-state index contributed by atoms with van der Waals surface area (Å²) in [6.45, 7) is 0. The Balaban J connectivity index is 1.31. The van der Waals surface area contributed by atoms with Gasteiger partial charge >= 0.3 is 0 Å². The summed E-state index contributed by atoms with van der Waals surface area (Å²) in [6.07, 6.45) is 0. The smallest absolute Gasteiger partial charge is 0.143 e. The summed E-state index contributed by atoms with van der Waals surface area (Å²) in [5, 5.41) is 2.26. The van der Waals surface area contributed by atoms with Crippen molar-refractivity contribution in [1.29, 1.82) is 0 Å². The highest BCUT2D eigenvalue weighted by atomic mass is 16.3. The van der Waals surface area contributed by atoms with Gasteiger partial charge in [-0.25, -0.2) is 0 Å². The zero-order valence-electron chi connectivity index (χ0n) is 23.9. The van der Waals surface area contributed by atoms with Crippen LogP contribution in [0.3, 0.4) is 0 Å². The van der Waals surface area contributed by atoms with E-state index >= 15 is 0 Å². The van der Waals surface area contributed by atoms with Gasteiger partial charge in [-0.15, -0.1) is 0 Å². The van der Waals surface area contributed by atoms with E-state index in [0.29, 0.717) is 0 Å². The molecule has 0 aliphatic carbocycles. The molecule has 2 nitrogen and oxygen atoms in total. The minimum absolute atomic E-state index is 0.901. The molecule has 0 N–H and O–H groups in total. The third kappa shape index (κ3) is 4.58. The quantitative estimate of drug-likeness (QED) is 0.201. The third-order valence-electron chi connectivity index (χ3n) is 8.17. The number of hydrogen-bond acceptors (Lipinski definition) is 2. The Bertz CT molecular complexity index is 2200. The van der Waals surface area contributed by atoms with Gasteiger partial charge in [0.15, 0.2) is 0 Å². The van der Waals surface area contributed by atoms with E-state index < -0.39 is 0 Å². The van der Waals surface area contributed by atoms with Crippen molar-refractivity contribution in [2.24, 2.45) is 0 Å². The van der Waals surface area contributed by atoms with E-state index in [1.165, 1.54) is 0 Å². The van der Waals surface area contributed by atoms with Crippen molar-refractivity contribution in [3.8, 4) is 33.4 Å². The van der Waals surface area contributed by atoms with E-state index in [1.54, 1.807) is 0 Å². The standard InChI is InChI=1S/C42H27NO/c1-4-13-30(14-5-1)31-23-25-34(26-24-31)43(33-17-8-3-9-18-33)35-27-28-36(40(29-35)32-15-6-2-7-16-32)38-20-12-21-39-37-19-10-11-22-41(37)44-42(38)39/h2-4,6-29H. The molecule has 8 aromatic rings. The molecule has 1 heterocycles. The van der Waals surface area contributed by atoms with E-state index in [9.17, 15) is 0 Å². The first-order chi connectivity index (χ1) is 21.8. The number of anilines is 3. The van der Waals surface area contributed by atoms with E-state index in [1.807, 2.05) is 24.3 Å². The molecule has 0 saturated heterocycles. The number of hydrogen-bond donors (Lipinski definition) is 0. The van der Waals surface area contributed by atoms with Crippen LogP contribution in [0.1, 0.15) is 0 Å². The van der Waals surface area contributed by atoms with Crippen molar-refractivity contribution in [3.05, 3.63) is 176 Å². The van der Waals surface area contributed by atoms with Crippen molar-refractivity contribution in [2.45, 2.75) is 0 Å². The molecular weight excluding hydrogens is 534 g/mol. The molecule has 8 rings (SSSR count). The van der Waals surface area contributed by atoms with Gasteiger partial charge in [-0.05, 0) is 88.5 Å². The Kier molecular flexibility index (Phi) is 6.40. The molecule has 0 bridgehead atoms. The fourth-order valence-electron chi connectivity index (χ4n) is 6.08. The average molecular weight is 562 g/mol. The number of furan rings is 1. The maximum Gasteiger partial charge on any atom is 0.143 e. The SMILES string of the molecule is c1ccc(-c2ccc(N(c3ccccc3)c3ccc(-c4cccc5c4oc4ccccc45)c(-c4ccccc4)c3)cc2)cc#1. The van der Waals surface area contributed by atoms with Crippen LogP contribution in [0.2, 0.25) is 0 Å². The normalized spacial score (nSPS) is 11.0. The molecule has 7 aromatic carbocycles. The maximum absolute atomic E-state index is 6.48. The Hall–Kier alpha value is -6.04. The predicted octanol–water partition coefficient (Wildman–Crippen LogP) is 11.7. The fraction of sp³-hybridized carbons (Fsp3) is 0. The lowest BCUT2D eigenvalue weighted by Crippen LogP contribution is -2.10. The molecule has 0 fully saturated rings. The van der Waals surface area contributed by atoms with E-state index in [4.69, 9.17) is 4.42 Å². The summed E-state index contributed by atoms with van der Waals surface area (Å²) in [5.41, 5.74) is 11.8. The zero-order valence-corrected chi connectivity index (χ0v) is 23.9. The van der Waals surface area contributed by atoms with Gasteiger partial charge in [-0.1, -0.05) is 115 Å². The summed E-state index contributed by atoms with van der Waals surface area (Å²) in [5.74, 6) is 0. The molecule has 1 aromatic heterocycles. The minimum Gasteiger partial charge on any atom is -0.455 e. The Morgan fingerprint density at radius 3 is 1.93 bits per heavy atom. The topological polar surface area (TPSA) is 16.4 Å². The molecule has 0 saturated carbocycles. The van der Waals surface area contributed by atoms with Crippen molar-refractivity contribution >= 4 is 39.0 Å². The first-order valence-electron chi connectivity index (χ1n) is 14.8. The van der Waals surface area contributed by atoms with Gasteiger partial charge in [-0.2, -0.15) is 0 Å². The molecule has 2 heteroatoms. The highest BCUT2D eigenvalue weighted by Crippen LogP contribution is 2.43. The molecule has 0 atom stereocenters. The second-order valence-corrected chi connectivity index (χ2v) is 10.8. The van der Waals surface area contributed by atoms with Crippen molar-refractivity contribution < 1.29 is 4.42 Å². The maximum atomic E-state index is 6.48. The molecule has 0 unspecified atom stereocenters. The van der Waals surface area contributed by atoms with Crippen LogP contribution in [-0.2, 0) is 0 Å².